The molecule has 1 heterocycles. The molecule has 2 aromatic rings. The van der Waals surface area contributed by atoms with Crippen LogP contribution in [0, 0.1) is 0 Å². The van der Waals surface area contributed by atoms with Crippen molar-refractivity contribution in [1.82, 2.24) is 9.97 Å². The van der Waals surface area contributed by atoms with Gasteiger partial charge < -0.3 is 15.4 Å². The maximum atomic E-state index is 5.87. The third kappa shape index (κ3) is 2.88. The van der Waals surface area contributed by atoms with E-state index in [4.69, 9.17) is 10.5 Å². The van der Waals surface area contributed by atoms with Gasteiger partial charge in [-0.15, -0.1) is 0 Å². The molecular formula is C13H16N4O. The zero-order valence-corrected chi connectivity index (χ0v) is 10.5. The average molecular weight is 244 g/mol. The van der Waals surface area contributed by atoms with Crippen LogP contribution in [0.25, 0.3) is 0 Å². The highest BCUT2D eigenvalue weighted by Gasteiger charge is 2.05. The van der Waals surface area contributed by atoms with Gasteiger partial charge in [-0.1, -0.05) is 0 Å². The van der Waals surface area contributed by atoms with E-state index in [0.717, 1.165) is 5.69 Å². The van der Waals surface area contributed by atoms with Gasteiger partial charge in [0, 0.05) is 38.2 Å². The molecule has 2 N–H and O–H groups in total. The van der Waals surface area contributed by atoms with Gasteiger partial charge in [0.2, 0.25) is 0 Å². The van der Waals surface area contributed by atoms with Crippen LogP contribution in [0.5, 0.6) is 5.75 Å². The first kappa shape index (κ1) is 12.2. The summed E-state index contributed by atoms with van der Waals surface area (Å²) >= 11 is 0. The number of aromatic nitrogens is 2. The molecule has 94 valence electrons. The molecule has 0 aliphatic heterocycles. The summed E-state index contributed by atoms with van der Waals surface area (Å²) in [5, 5.41) is 0. The van der Waals surface area contributed by atoms with Gasteiger partial charge >= 0.3 is 0 Å². The molecule has 0 spiro atoms. The van der Waals surface area contributed by atoms with Gasteiger partial charge in [0.15, 0.2) is 5.82 Å². The van der Waals surface area contributed by atoms with E-state index in [2.05, 4.69) is 9.97 Å². The van der Waals surface area contributed by atoms with Crippen molar-refractivity contribution >= 4 is 11.4 Å². The third-order valence-corrected chi connectivity index (χ3v) is 2.49. The molecule has 0 bridgehead atoms. The first-order valence-corrected chi connectivity index (χ1v) is 5.62. The van der Waals surface area contributed by atoms with E-state index in [1.54, 1.807) is 18.5 Å². The number of nitrogens with zero attached hydrogens (tertiary/aromatic N) is 3. The first-order valence-electron chi connectivity index (χ1n) is 5.62. The SMILES string of the molecule is CN(C)c1ccc(N)c(OCc2ncccn2)c1. The van der Waals surface area contributed by atoms with Crippen LogP contribution in [0.15, 0.2) is 36.7 Å². The highest BCUT2D eigenvalue weighted by Crippen LogP contribution is 2.27. The zero-order chi connectivity index (χ0) is 13.0. The second-order valence-corrected chi connectivity index (χ2v) is 4.07. The van der Waals surface area contributed by atoms with Gasteiger partial charge in [-0.2, -0.15) is 0 Å². The number of nitrogens with two attached hydrogens (primary N) is 1. The Bertz CT molecular complexity index is 514. The maximum Gasteiger partial charge on any atom is 0.166 e. The second-order valence-electron chi connectivity index (χ2n) is 4.07. The molecule has 0 saturated carbocycles. The smallest absolute Gasteiger partial charge is 0.166 e. The molecule has 2 rings (SSSR count). The Labute approximate surface area is 106 Å². The summed E-state index contributed by atoms with van der Waals surface area (Å²) in [6, 6.07) is 7.44. The summed E-state index contributed by atoms with van der Waals surface area (Å²) in [6.45, 7) is 0.307. The van der Waals surface area contributed by atoms with Crippen LogP contribution < -0.4 is 15.4 Å². The number of nitrogen functional groups attached to an aromatic ring is 1. The van der Waals surface area contributed by atoms with Crippen molar-refractivity contribution in [3.63, 3.8) is 0 Å². The number of ether oxygens (including phenoxy) is 1. The Balaban J connectivity index is 2.11. The molecule has 1 aromatic heterocycles. The Kier molecular flexibility index (Phi) is 3.62. The van der Waals surface area contributed by atoms with E-state index in [1.807, 2.05) is 37.2 Å². The quantitative estimate of drug-likeness (QED) is 0.829. The lowest BCUT2D eigenvalue weighted by atomic mass is 10.2. The van der Waals surface area contributed by atoms with Crippen LogP contribution in [0.2, 0.25) is 0 Å². The summed E-state index contributed by atoms with van der Waals surface area (Å²) in [4.78, 5) is 10.2. The van der Waals surface area contributed by atoms with Gasteiger partial charge in [0.1, 0.15) is 12.4 Å². The van der Waals surface area contributed by atoms with Crippen LogP contribution in [0.4, 0.5) is 11.4 Å². The fourth-order valence-electron chi connectivity index (χ4n) is 1.47. The van der Waals surface area contributed by atoms with Gasteiger partial charge in [-0.3, -0.25) is 0 Å². The number of rotatable bonds is 4. The number of benzene rings is 1. The molecule has 18 heavy (non-hydrogen) atoms. The van der Waals surface area contributed by atoms with Gasteiger partial charge in [-0.25, -0.2) is 9.97 Å². The molecule has 0 radical (unpaired) electrons. The van der Waals surface area contributed by atoms with Crippen molar-refractivity contribution in [3.05, 3.63) is 42.5 Å². The van der Waals surface area contributed by atoms with E-state index in [9.17, 15) is 0 Å². The van der Waals surface area contributed by atoms with E-state index in [0.29, 0.717) is 23.9 Å². The lowest BCUT2D eigenvalue weighted by Crippen LogP contribution is -2.09. The molecule has 0 saturated heterocycles. The van der Waals surface area contributed by atoms with E-state index in [-0.39, 0.29) is 0 Å². The van der Waals surface area contributed by atoms with Crippen LogP contribution in [-0.2, 0) is 6.61 Å². The Morgan fingerprint density at radius 2 is 1.94 bits per heavy atom. The molecular weight excluding hydrogens is 228 g/mol. The van der Waals surface area contributed by atoms with Gasteiger partial charge in [-0.05, 0) is 18.2 Å². The summed E-state index contributed by atoms with van der Waals surface area (Å²) < 4.78 is 5.64. The van der Waals surface area contributed by atoms with Crippen molar-refractivity contribution in [2.24, 2.45) is 0 Å². The standard InChI is InChI=1S/C13H16N4O/c1-17(2)10-4-5-11(14)12(8-10)18-9-13-15-6-3-7-16-13/h3-8H,9,14H2,1-2H3. The van der Waals surface area contributed by atoms with Gasteiger partial charge in [0.25, 0.3) is 0 Å². The minimum atomic E-state index is 0.307. The minimum Gasteiger partial charge on any atom is -0.483 e. The zero-order valence-electron chi connectivity index (χ0n) is 10.5. The number of anilines is 2. The Morgan fingerprint density at radius 1 is 1.22 bits per heavy atom. The topological polar surface area (TPSA) is 64.3 Å². The molecule has 0 fully saturated rings. The summed E-state index contributed by atoms with van der Waals surface area (Å²) in [5.41, 5.74) is 7.51. The molecule has 1 aromatic carbocycles. The predicted octanol–water partition coefficient (Wildman–Crippen LogP) is 1.70. The Hall–Kier alpha value is -2.30. The van der Waals surface area contributed by atoms with Crippen molar-refractivity contribution < 1.29 is 4.74 Å². The van der Waals surface area contributed by atoms with Crippen molar-refractivity contribution in [2.45, 2.75) is 6.61 Å². The molecule has 0 aliphatic carbocycles. The fourth-order valence-corrected chi connectivity index (χ4v) is 1.47. The van der Waals surface area contributed by atoms with Crippen molar-refractivity contribution in [2.75, 3.05) is 24.7 Å². The van der Waals surface area contributed by atoms with Crippen molar-refractivity contribution in [1.29, 1.82) is 0 Å². The molecule has 0 atom stereocenters. The normalized spacial score (nSPS) is 10.1. The predicted molar refractivity (Wildman–Crippen MR) is 71.5 cm³/mol. The van der Waals surface area contributed by atoms with Crippen LogP contribution in [0.1, 0.15) is 5.82 Å². The summed E-state index contributed by atoms with van der Waals surface area (Å²) in [6.07, 6.45) is 3.37. The first-order chi connectivity index (χ1) is 8.66. The summed E-state index contributed by atoms with van der Waals surface area (Å²) in [7, 11) is 3.94. The third-order valence-electron chi connectivity index (χ3n) is 2.49. The monoisotopic (exact) mass is 244 g/mol. The van der Waals surface area contributed by atoms with E-state index >= 15 is 0 Å². The number of hydrogen-bond donors (Lipinski definition) is 1. The molecule has 0 unspecified atom stereocenters. The molecule has 0 aliphatic rings. The highest BCUT2D eigenvalue weighted by molar-refractivity contribution is 5.61. The second kappa shape index (κ2) is 5.35. The van der Waals surface area contributed by atoms with E-state index in [1.165, 1.54) is 0 Å². The van der Waals surface area contributed by atoms with E-state index < -0.39 is 0 Å². The fraction of sp³-hybridized carbons (Fsp3) is 0.231. The lowest BCUT2D eigenvalue weighted by Gasteiger charge is -2.15. The highest BCUT2D eigenvalue weighted by atomic mass is 16.5. The lowest BCUT2D eigenvalue weighted by molar-refractivity contribution is 0.297. The Morgan fingerprint density at radius 3 is 2.61 bits per heavy atom. The molecule has 5 heteroatoms. The van der Waals surface area contributed by atoms with Crippen LogP contribution in [-0.4, -0.2) is 24.1 Å². The minimum absolute atomic E-state index is 0.307. The maximum absolute atomic E-state index is 5.87. The average Bonchev–Trinajstić information content (AvgIpc) is 2.38. The van der Waals surface area contributed by atoms with Crippen molar-refractivity contribution in [3.8, 4) is 5.75 Å². The van der Waals surface area contributed by atoms with Crippen LogP contribution in [0.3, 0.4) is 0 Å². The molecule has 5 nitrogen and oxygen atoms in total. The molecule has 0 amide bonds. The summed E-state index contributed by atoms with van der Waals surface area (Å²) in [5.74, 6) is 1.28. The van der Waals surface area contributed by atoms with Gasteiger partial charge in [0.05, 0.1) is 5.69 Å². The largest absolute Gasteiger partial charge is 0.483 e. The number of hydrogen-bond acceptors (Lipinski definition) is 5. The van der Waals surface area contributed by atoms with Crippen LogP contribution >= 0.6 is 0 Å².